The molecule has 18 heavy (non-hydrogen) atoms. The van der Waals surface area contributed by atoms with Gasteiger partial charge in [-0.3, -0.25) is 4.79 Å². The fourth-order valence-electron chi connectivity index (χ4n) is 2.35. The number of hydrogen-bond acceptors (Lipinski definition) is 2. The van der Waals surface area contributed by atoms with Crippen LogP contribution in [-0.2, 0) is 0 Å². The second kappa shape index (κ2) is 5.98. The number of carbonyl (C=O) groups excluding carboxylic acids is 1. The van der Waals surface area contributed by atoms with Gasteiger partial charge in [-0.2, -0.15) is 0 Å². The first kappa shape index (κ1) is 13.8. The van der Waals surface area contributed by atoms with Crippen molar-refractivity contribution in [2.75, 3.05) is 12.8 Å². The van der Waals surface area contributed by atoms with Crippen LogP contribution in [0.3, 0.4) is 0 Å². The lowest BCUT2D eigenvalue weighted by atomic mass is 10.0. The van der Waals surface area contributed by atoms with Crippen molar-refractivity contribution in [3.05, 3.63) is 28.8 Å². The van der Waals surface area contributed by atoms with Crippen LogP contribution >= 0.6 is 23.4 Å². The highest BCUT2D eigenvalue weighted by Gasteiger charge is 2.25. The van der Waals surface area contributed by atoms with Crippen LogP contribution in [0.25, 0.3) is 0 Å². The Balaban J connectivity index is 2.27. The molecular formula is C14H18ClNOS. The summed E-state index contributed by atoms with van der Waals surface area (Å²) in [5.74, 6) is 0.0723. The van der Waals surface area contributed by atoms with Crippen LogP contribution in [0.2, 0.25) is 5.02 Å². The van der Waals surface area contributed by atoms with Crippen LogP contribution in [-0.4, -0.2) is 29.6 Å². The smallest absolute Gasteiger partial charge is 0.255 e. The van der Waals surface area contributed by atoms with E-state index < -0.39 is 0 Å². The van der Waals surface area contributed by atoms with Gasteiger partial charge in [0.25, 0.3) is 5.91 Å². The van der Waals surface area contributed by atoms with E-state index >= 15 is 0 Å². The third kappa shape index (κ3) is 2.83. The molecule has 1 aromatic carbocycles. The van der Waals surface area contributed by atoms with Crippen LogP contribution in [0.4, 0.5) is 0 Å². The average molecular weight is 284 g/mol. The number of benzene rings is 1. The normalized spacial score (nSPS) is 19.9. The molecule has 1 aliphatic rings. The van der Waals surface area contributed by atoms with Crippen molar-refractivity contribution in [3.63, 3.8) is 0 Å². The van der Waals surface area contributed by atoms with E-state index in [2.05, 4.69) is 6.92 Å². The number of nitrogens with zero attached hydrogens (tertiary/aromatic N) is 1. The van der Waals surface area contributed by atoms with E-state index in [1.54, 1.807) is 11.8 Å². The number of piperidine rings is 1. The van der Waals surface area contributed by atoms with Crippen LogP contribution in [0.1, 0.15) is 36.5 Å². The maximum atomic E-state index is 12.5. The van der Waals surface area contributed by atoms with E-state index in [0.717, 1.165) is 24.3 Å². The van der Waals surface area contributed by atoms with Gasteiger partial charge in [0, 0.05) is 17.5 Å². The van der Waals surface area contributed by atoms with Gasteiger partial charge in [0.1, 0.15) is 0 Å². The summed E-state index contributed by atoms with van der Waals surface area (Å²) in [5.41, 5.74) is 0.636. The van der Waals surface area contributed by atoms with Gasteiger partial charge in [-0.15, -0.1) is 11.8 Å². The summed E-state index contributed by atoms with van der Waals surface area (Å²) < 4.78 is 0. The van der Waals surface area contributed by atoms with Crippen LogP contribution in [0.5, 0.6) is 0 Å². The quantitative estimate of drug-likeness (QED) is 0.763. The molecule has 1 aliphatic heterocycles. The Labute approximate surface area is 118 Å². The Kier molecular flexibility index (Phi) is 4.57. The molecule has 0 radical (unpaired) electrons. The Morgan fingerprint density at radius 3 is 2.89 bits per heavy atom. The van der Waals surface area contributed by atoms with Gasteiger partial charge in [-0.1, -0.05) is 11.6 Å². The van der Waals surface area contributed by atoms with Crippen LogP contribution in [0.15, 0.2) is 23.1 Å². The molecule has 1 heterocycles. The maximum Gasteiger partial charge on any atom is 0.255 e. The van der Waals surface area contributed by atoms with Crippen molar-refractivity contribution in [2.45, 2.75) is 37.1 Å². The van der Waals surface area contributed by atoms with Gasteiger partial charge in [0.05, 0.1) is 10.6 Å². The van der Waals surface area contributed by atoms with Crippen LogP contribution in [0, 0.1) is 0 Å². The number of carbonyl (C=O) groups is 1. The summed E-state index contributed by atoms with van der Waals surface area (Å²) in [4.78, 5) is 15.6. The second-order valence-electron chi connectivity index (χ2n) is 4.69. The lowest BCUT2D eigenvalue weighted by Crippen LogP contribution is -2.42. The van der Waals surface area contributed by atoms with Crippen molar-refractivity contribution < 1.29 is 4.79 Å². The summed E-state index contributed by atoms with van der Waals surface area (Å²) in [6.45, 7) is 2.96. The summed E-state index contributed by atoms with van der Waals surface area (Å²) in [6.07, 6.45) is 5.39. The first-order valence-corrected chi connectivity index (χ1v) is 7.88. The van der Waals surface area contributed by atoms with Gasteiger partial charge in [-0.25, -0.2) is 0 Å². The van der Waals surface area contributed by atoms with E-state index in [9.17, 15) is 4.79 Å². The molecular weight excluding hydrogens is 266 g/mol. The van der Waals surface area contributed by atoms with E-state index in [1.165, 1.54) is 6.42 Å². The highest BCUT2D eigenvalue weighted by atomic mass is 35.5. The number of halogens is 1. The second-order valence-corrected chi connectivity index (χ2v) is 5.98. The van der Waals surface area contributed by atoms with Gasteiger partial charge in [0.2, 0.25) is 0 Å². The number of thioether (sulfide) groups is 1. The van der Waals surface area contributed by atoms with Crippen molar-refractivity contribution >= 4 is 29.3 Å². The Morgan fingerprint density at radius 2 is 2.22 bits per heavy atom. The molecule has 1 atom stereocenters. The largest absolute Gasteiger partial charge is 0.336 e. The van der Waals surface area contributed by atoms with Gasteiger partial charge in [-0.05, 0) is 50.6 Å². The van der Waals surface area contributed by atoms with E-state index in [1.807, 2.05) is 29.4 Å². The fourth-order valence-corrected chi connectivity index (χ4v) is 2.99. The Hall–Kier alpha value is -0.670. The molecule has 4 heteroatoms. The Bertz CT molecular complexity index is 449. The zero-order valence-corrected chi connectivity index (χ0v) is 12.4. The minimum atomic E-state index is 0.0723. The fraction of sp³-hybridized carbons (Fsp3) is 0.500. The monoisotopic (exact) mass is 283 g/mol. The van der Waals surface area contributed by atoms with E-state index in [4.69, 9.17) is 11.6 Å². The predicted molar refractivity (Wildman–Crippen MR) is 77.6 cm³/mol. The minimum Gasteiger partial charge on any atom is -0.336 e. The maximum absolute atomic E-state index is 12.5. The van der Waals surface area contributed by atoms with E-state index in [0.29, 0.717) is 16.6 Å². The molecule has 0 N–H and O–H groups in total. The SMILES string of the molecule is CSc1ccc(Cl)c(C(=O)N2CCCCC2C)c1. The highest BCUT2D eigenvalue weighted by Crippen LogP contribution is 2.26. The van der Waals surface area contributed by atoms with Gasteiger partial charge < -0.3 is 4.90 Å². The first-order valence-electron chi connectivity index (χ1n) is 6.28. The molecule has 0 saturated carbocycles. The molecule has 2 nitrogen and oxygen atoms in total. The molecule has 1 amide bonds. The van der Waals surface area contributed by atoms with Gasteiger partial charge in [0.15, 0.2) is 0 Å². The standard InChI is InChI=1S/C14H18ClNOS/c1-10-5-3-4-8-16(10)14(17)12-9-11(18-2)6-7-13(12)15/h6-7,9-10H,3-5,8H2,1-2H3. The number of amides is 1. The van der Waals surface area contributed by atoms with Crippen LogP contribution < -0.4 is 0 Å². The molecule has 2 rings (SSSR count). The van der Waals surface area contributed by atoms with Crippen molar-refractivity contribution in [2.24, 2.45) is 0 Å². The third-order valence-electron chi connectivity index (χ3n) is 3.47. The van der Waals surface area contributed by atoms with Crippen molar-refractivity contribution in [3.8, 4) is 0 Å². The van der Waals surface area contributed by atoms with E-state index in [-0.39, 0.29) is 5.91 Å². The van der Waals surface area contributed by atoms with Crippen molar-refractivity contribution in [1.29, 1.82) is 0 Å². The molecule has 1 saturated heterocycles. The molecule has 0 bridgehead atoms. The van der Waals surface area contributed by atoms with Gasteiger partial charge >= 0.3 is 0 Å². The number of likely N-dealkylation sites (tertiary alicyclic amines) is 1. The zero-order valence-electron chi connectivity index (χ0n) is 10.8. The lowest BCUT2D eigenvalue weighted by molar-refractivity contribution is 0.0635. The summed E-state index contributed by atoms with van der Waals surface area (Å²) in [7, 11) is 0. The molecule has 0 spiro atoms. The van der Waals surface area contributed by atoms with Crippen molar-refractivity contribution in [1.82, 2.24) is 4.90 Å². The molecule has 0 aliphatic carbocycles. The Morgan fingerprint density at radius 1 is 1.44 bits per heavy atom. The molecule has 1 unspecified atom stereocenters. The zero-order chi connectivity index (χ0) is 13.1. The topological polar surface area (TPSA) is 20.3 Å². The number of hydrogen-bond donors (Lipinski definition) is 0. The molecule has 1 fully saturated rings. The molecule has 1 aromatic rings. The highest BCUT2D eigenvalue weighted by molar-refractivity contribution is 7.98. The average Bonchev–Trinajstić information content (AvgIpc) is 2.39. The lowest BCUT2D eigenvalue weighted by Gasteiger charge is -2.33. The molecule has 98 valence electrons. The first-order chi connectivity index (χ1) is 8.63. The summed E-state index contributed by atoms with van der Waals surface area (Å²) in [5, 5.41) is 0.551. The minimum absolute atomic E-state index is 0.0723. The number of rotatable bonds is 2. The third-order valence-corrected chi connectivity index (χ3v) is 4.52. The predicted octanol–water partition coefficient (Wildman–Crippen LogP) is 4.08. The summed E-state index contributed by atoms with van der Waals surface area (Å²) >= 11 is 7.79. The summed E-state index contributed by atoms with van der Waals surface area (Å²) in [6, 6.07) is 5.98. The molecule has 0 aromatic heterocycles.